The Labute approximate surface area is 171 Å². The minimum Gasteiger partial charge on any atom is -0.348 e. The van der Waals surface area contributed by atoms with Crippen molar-refractivity contribution in [3.8, 4) is 0 Å². The van der Waals surface area contributed by atoms with E-state index >= 15 is 0 Å². The van der Waals surface area contributed by atoms with Crippen molar-refractivity contribution < 1.29 is 4.79 Å². The number of hydrogen-bond acceptors (Lipinski definition) is 6. The number of hydrogen-bond donors (Lipinski definition) is 1. The van der Waals surface area contributed by atoms with Crippen molar-refractivity contribution in [3.63, 3.8) is 0 Å². The van der Waals surface area contributed by atoms with Crippen molar-refractivity contribution in [2.24, 2.45) is 5.92 Å². The second kappa shape index (κ2) is 7.09. The first-order chi connectivity index (χ1) is 14.1. The van der Waals surface area contributed by atoms with E-state index in [0.717, 1.165) is 75.5 Å². The van der Waals surface area contributed by atoms with E-state index in [-0.39, 0.29) is 11.5 Å². The Morgan fingerprint density at radius 2 is 1.90 bits per heavy atom. The lowest BCUT2D eigenvalue weighted by molar-refractivity contribution is -0.143. The molecule has 2 aliphatic heterocycles. The van der Waals surface area contributed by atoms with Crippen LogP contribution in [0.1, 0.15) is 42.6 Å². The largest absolute Gasteiger partial charge is 0.348 e. The fraction of sp³-hybridized carbons (Fsp3) is 0.619. The number of rotatable bonds is 4. The zero-order valence-corrected chi connectivity index (χ0v) is 17.3. The Bertz CT molecular complexity index is 879. The molecule has 2 fully saturated rings. The molecule has 4 heterocycles. The van der Waals surface area contributed by atoms with Gasteiger partial charge in [0.15, 0.2) is 0 Å². The molecule has 1 aliphatic carbocycles. The van der Waals surface area contributed by atoms with Crippen LogP contribution in [0.2, 0.25) is 0 Å². The molecule has 8 heteroatoms. The Hall–Kier alpha value is -2.48. The van der Waals surface area contributed by atoms with Gasteiger partial charge in [0, 0.05) is 76.3 Å². The first-order valence-corrected chi connectivity index (χ1v) is 10.6. The molecule has 0 bridgehead atoms. The summed E-state index contributed by atoms with van der Waals surface area (Å²) in [6, 6.07) is 0. The summed E-state index contributed by atoms with van der Waals surface area (Å²) in [5.74, 6) is 1.33. The molecule has 154 valence electrons. The van der Waals surface area contributed by atoms with Gasteiger partial charge < -0.3 is 14.8 Å². The molecule has 5 rings (SSSR count). The molecule has 0 aromatic carbocycles. The van der Waals surface area contributed by atoms with Crippen LogP contribution >= 0.6 is 0 Å². The van der Waals surface area contributed by atoms with Gasteiger partial charge in [-0.25, -0.2) is 15.0 Å². The van der Waals surface area contributed by atoms with E-state index in [1.165, 1.54) is 5.69 Å². The predicted octanol–water partition coefficient (Wildman–Crippen LogP) is 1.55. The third-order valence-corrected chi connectivity index (χ3v) is 6.63. The first kappa shape index (κ1) is 18.5. The van der Waals surface area contributed by atoms with Crippen LogP contribution < -0.4 is 4.90 Å². The maximum absolute atomic E-state index is 13.1. The number of H-pyrrole nitrogens is 1. The number of amides is 1. The fourth-order valence-corrected chi connectivity index (χ4v) is 4.86. The maximum Gasteiger partial charge on any atom is 0.226 e. The van der Waals surface area contributed by atoms with E-state index in [2.05, 4.69) is 29.7 Å². The van der Waals surface area contributed by atoms with Crippen LogP contribution in [0.3, 0.4) is 0 Å². The van der Waals surface area contributed by atoms with Crippen molar-refractivity contribution in [3.05, 3.63) is 35.7 Å². The van der Waals surface area contributed by atoms with E-state index in [1.54, 1.807) is 6.33 Å². The van der Waals surface area contributed by atoms with Crippen LogP contribution in [-0.4, -0.2) is 69.4 Å². The normalized spacial score (nSPS) is 21.2. The number of piperidine rings is 1. The zero-order valence-electron chi connectivity index (χ0n) is 17.3. The van der Waals surface area contributed by atoms with E-state index in [4.69, 9.17) is 0 Å². The standard InChI is InChI=1S/C21H29N7O/c1-26(2)20-22-11-15(12-23-20)13-27-9-6-21(7-10-27)18-17(24-14-25-18)5-8-28(21)19(29)16-3-4-16/h11-12,14,16H,3-10,13H2,1-2H3,(H,24,25). The van der Waals surface area contributed by atoms with Crippen LogP contribution in [0, 0.1) is 5.92 Å². The molecule has 0 unspecified atom stereocenters. The summed E-state index contributed by atoms with van der Waals surface area (Å²) < 4.78 is 0. The molecule has 29 heavy (non-hydrogen) atoms. The van der Waals surface area contributed by atoms with Gasteiger partial charge in [0.2, 0.25) is 11.9 Å². The molecule has 0 atom stereocenters. The van der Waals surface area contributed by atoms with Gasteiger partial charge in [0.25, 0.3) is 0 Å². The Balaban J connectivity index is 1.32. The molecule has 2 aromatic heterocycles. The molecule has 8 nitrogen and oxygen atoms in total. The number of aromatic amines is 1. The lowest BCUT2D eigenvalue weighted by Gasteiger charge is -2.50. The molecule has 2 aromatic rings. The van der Waals surface area contributed by atoms with E-state index in [9.17, 15) is 4.79 Å². The predicted molar refractivity (Wildman–Crippen MR) is 109 cm³/mol. The minimum atomic E-state index is -0.241. The monoisotopic (exact) mass is 395 g/mol. The number of nitrogens with zero attached hydrogens (tertiary/aromatic N) is 6. The lowest BCUT2D eigenvalue weighted by atomic mass is 9.78. The van der Waals surface area contributed by atoms with Crippen molar-refractivity contribution in [1.82, 2.24) is 29.7 Å². The highest BCUT2D eigenvalue weighted by atomic mass is 16.2. The van der Waals surface area contributed by atoms with Gasteiger partial charge in [0.05, 0.1) is 17.6 Å². The highest BCUT2D eigenvalue weighted by Crippen LogP contribution is 2.45. The summed E-state index contributed by atoms with van der Waals surface area (Å²) in [4.78, 5) is 36.5. The van der Waals surface area contributed by atoms with Gasteiger partial charge in [-0.3, -0.25) is 9.69 Å². The van der Waals surface area contributed by atoms with Crippen LogP contribution in [0.25, 0.3) is 0 Å². The Morgan fingerprint density at radius 1 is 1.17 bits per heavy atom. The van der Waals surface area contributed by atoms with Crippen molar-refractivity contribution >= 4 is 11.9 Å². The molecular formula is C21H29N7O. The molecule has 0 radical (unpaired) electrons. The average molecular weight is 396 g/mol. The number of likely N-dealkylation sites (tertiary alicyclic amines) is 1. The number of nitrogens with one attached hydrogen (secondary N) is 1. The number of aromatic nitrogens is 4. The van der Waals surface area contributed by atoms with Crippen molar-refractivity contribution in [2.75, 3.05) is 38.6 Å². The third kappa shape index (κ3) is 3.29. The van der Waals surface area contributed by atoms with E-state index < -0.39 is 0 Å². The van der Waals surface area contributed by atoms with Gasteiger partial charge in [-0.2, -0.15) is 0 Å². The van der Waals surface area contributed by atoms with Crippen LogP contribution in [0.4, 0.5) is 5.95 Å². The van der Waals surface area contributed by atoms with Crippen LogP contribution in [0.15, 0.2) is 18.7 Å². The number of fused-ring (bicyclic) bond motifs is 2. The Kier molecular flexibility index (Phi) is 4.53. The Morgan fingerprint density at radius 3 is 2.55 bits per heavy atom. The highest BCUT2D eigenvalue weighted by Gasteiger charge is 2.50. The maximum atomic E-state index is 13.1. The number of imidazole rings is 1. The molecule has 1 spiro atoms. The van der Waals surface area contributed by atoms with Crippen LogP contribution in [-0.2, 0) is 23.3 Å². The van der Waals surface area contributed by atoms with Gasteiger partial charge in [0.1, 0.15) is 0 Å². The molecule has 1 N–H and O–H groups in total. The number of carbonyl (C=O) groups is 1. The van der Waals surface area contributed by atoms with Crippen LogP contribution in [0.5, 0.6) is 0 Å². The van der Waals surface area contributed by atoms with Gasteiger partial charge in [-0.15, -0.1) is 0 Å². The summed E-state index contributed by atoms with van der Waals surface area (Å²) in [6.07, 6.45) is 10.5. The fourth-order valence-electron chi connectivity index (χ4n) is 4.86. The SMILES string of the molecule is CN(C)c1ncc(CN2CCC3(CC2)c2nc[nH]c2CCN3C(=O)C2CC2)cn1. The summed E-state index contributed by atoms with van der Waals surface area (Å²) in [5.41, 5.74) is 3.21. The summed E-state index contributed by atoms with van der Waals surface area (Å²) in [6.45, 7) is 3.53. The summed E-state index contributed by atoms with van der Waals surface area (Å²) in [7, 11) is 3.89. The van der Waals surface area contributed by atoms with Crippen molar-refractivity contribution in [1.29, 1.82) is 0 Å². The quantitative estimate of drug-likeness (QED) is 0.846. The van der Waals surface area contributed by atoms with Crippen molar-refractivity contribution in [2.45, 2.75) is 44.2 Å². The molecule has 1 saturated carbocycles. The summed E-state index contributed by atoms with van der Waals surface area (Å²) in [5, 5.41) is 0. The van der Waals surface area contributed by atoms with Gasteiger partial charge in [-0.1, -0.05) is 0 Å². The zero-order chi connectivity index (χ0) is 20.0. The van der Waals surface area contributed by atoms with Gasteiger partial charge in [-0.05, 0) is 25.7 Å². The number of anilines is 1. The lowest BCUT2D eigenvalue weighted by Crippen LogP contribution is -2.58. The first-order valence-electron chi connectivity index (χ1n) is 10.6. The highest BCUT2D eigenvalue weighted by molar-refractivity contribution is 5.82. The molecule has 1 saturated heterocycles. The second-order valence-electron chi connectivity index (χ2n) is 8.84. The second-order valence-corrected chi connectivity index (χ2v) is 8.84. The minimum absolute atomic E-state index is 0.241. The smallest absolute Gasteiger partial charge is 0.226 e. The van der Waals surface area contributed by atoms with Gasteiger partial charge >= 0.3 is 0 Å². The average Bonchev–Trinajstić information content (AvgIpc) is 3.47. The number of carbonyl (C=O) groups excluding carboxylic acids is 1. The topological polar surface area (TPSA) is 81.3 Å². The van der Waals surface area contributed by atoms with E-state index in [1.807, 2.05) is 31.4 Å². The molecular weight excluding hydrogens is 366 g/mol. The van der Waals surface area contributed by atoms with E-state index in [0.29, 0.717) is 5.91 Å². The summed E-state index contributed by atoms with van der Waals surface area (Å²) >= 11 is 0. The third-order valence-electron chi connectivity index (χ3n) is 6.63. The molecule has 3 aliphatic rings. The molecule has 1 amide bonds.